The highest BCUT2D eigenvalue weighted by atomic mass is 32.1. The number of carbonyl (C=O) groups is 1. The average Bonchev–Trinajstić information content (AvgIpc) is 3.19. The molecular weight excluding hydrogens is 384 g/mol. The van der Waals surface area contributed by atoms with Gasteiger partial charge in [-0.3, -0.25) is 0 Å². The largest absolute Gasteiger partial charge is 0.497 e. The molecule has 0 unspecified atom stereocenters. The van der Waals surface area contributed by atoms with Crippen molar-refractivity contribution in [3.63, 3.8) is 0 Å². The van der Waals surface area contributed by atoms with E-state index in [1.54, 1.807) is 20.1 Å². The van der Waals surface area contributed by atoms with Gasteiger partial charge in [-0.05, 0) is 74.3 Å². The van der Waals surface area contributed by atoms with Crippen molar-refractivity contribution in [2.24, 2.45) is 0 Å². The van der Waals surface area contributed by atoms with E-state index in [4.69, 9.17) is 21.7 Å². The van der Waals surface area contributed by atoms with Gasteiger partial charge in [-0.15, -0.1) is 0 Å². The quantitative estimate of drug-likeness (QED) is 0.518. The number of ether oxygens (including phenoxy) is 2. The molecule has 0 bridgehead atoms. The van der Waals surface area contributed by atoms with Gasteiger partial charge in [-0.25, -0.2) is 4.79 Å². The van der Waals surface area contributed by atoms with Gasteiger partial charge >= 0.3 is 5.97 Å². The number of thiocarbonyl (C=S) groups is 1. The molecule has 0 aromatic heterocycles. The predicted molar refractivity (Wildman–Crippen MR) is 120 cm³/mol. The smallest absolute Gasteiger partial charge is 0.338 e. The molecule has 0 spiro atoms. The SMILES string of the molecule is CCOC(=O)c1cccc(NC(=S)NC2(c3ccc(OC)cc3)CCCC2)c1C. The Balaban J connectivity index is 1.78. The van der Waals surface area contributed by atoms with Gasteiger partial charge in [0, 0.05) is 5.69 Å². The van der Waals surface area contributed by atoms with Crippen molar-refractivity contribution in [1.29, 1.82) is 0 Å². The molecule has 6 heteroatoms. The van der Waals surface area contributed by atoms with E-state index in [1.807, 2.05) is 31.2 Å². The Morgan fingerprint density at radius 2 is 1.83 bits per heavy atom. The number of anilines is 1. The highest BCUT2D eigenvalue weighted by Crippen LogP contribution is 2.39. The Labute approximate surface area is 177 Å². The van der Waals surface area contributed by atoms with Crippen LogP contribution in [0.5, 0.6) is 5.75 Å². The first-order chi connectivity index (χ1) is 14.0. The molecule has 1 saturated carbocycles. The lowest BCUT2D eigenvalue weighted by Gasteiger charge is -2.33. The van der Waals surface area contributed by atoms with Crippen LogP contribution in [-0.4, -0.2) is 24.8 Å². The Kier molecular flexibility index (Phi) is 6.75. The van der Waals surface area contributed by atoms with Gasteiger partial charge in [0.15, 0.2) is 5.11 Å². The molecule has 0 amide bonds. The van der Waals surface area contributed by atoms with Gasteiger partial charge in [0.2, 0.25) is 0 Å². The van der Waals surface area contributed by atoms with Crippen molar-refractivity contribution in [3.05, 3.63) is 59.2 Å². The third-order valence-electron chi connectivity index (χ3n) is 5.53. The first kappa shape index (κ1) is 21.1. The molecule has 154 valence electrons. The summed E-state index contributed by atoms with van der Waals surface area (Å²) < 4.78 is 10.4. The molecule has 2 aromatic rings. The maximum Gasteiger partial charge on any atom is 0.338 e. The highest BCUT2D eigenvalue weighted by molar-refractivity contribution is 7.80. The molecule has 29 heavy (non-hydrogen) atoms. The van der Waals surface area contributed by atoms with Crippen LogP contribution in [0.4, 0.5) is 5.69 Å². The van der Waals surface area contributed by atoms with E-state index in [9.17, 15) is 4.79 Å². The topological polar surface area (TPSA) is 59.6 Å². The molecule has 2 N–H and O–H groups in total. The van der Waals surface area contributed by atoms with Crippen LogP contribution in [-0.2, 0) is 10.3 Å². The second-order valence-corrected chi connectivity index (χ2v) is 7.70. The van der Waals surface area contributed by atoms with Gasteiger partial charge in [-0.1, -0.05) is 31.0 Å². The fraction of sp³-hybridized carbons (Fsp3) is 0.391. The number of esters is 1. The molecule has 0 aliphatic heterocycles. The Morgan fingerprint density at radius 3 is 2.45 bits per heavy atom. The predicted octanol–water partition coefficient (Wildman–Crippen LogP) is 4.94. The zero-order chi connectivity index (χ0) is 20.9. The molecule has 0 heterocycles. The van der Waals surface area contributed by atoms with Crippen molar-refractivity contribution >= 4 is 29.0 Å². The third kappa shape index (κ3) is 4.70. The number of hydrogen-bond acceptors (Lipinski definition) is 4. The Morgan fingerprint density at radius 1 is 1.14 bits per heavy atom. The number of carbonyl (C=O) groups excluding carboxylic acids is 1. The second-order valence-electron chi connectivity index (χ2n) is 7.30. The zero-order valence-corrected chi connectivity index (χ0v) is 18.0. The summed E-state index contributed by atoms with van der Waals surface area (Å²) in [7, 11) is 1.67. The molecule has 1 aliphatic carbocycles. The molecule has 1 fully saturated rings. The fourth-order valence-electron chi connectivity index (χ4n) is 3.95. The van der Waals surface area contributed by atoms with Crippen molar-refractivity contribution in [2.45, 2.75) is 45.1 Å². The first-order valence-electron chi connectivity index (χ1n) is 9.99. The second kappa shape index (κ2) is 9.27. The minimum Gasteiger partial charge on any atom is -0.497 e. The van der Waals surface area contributed by atoms with E-state index in [2.05, 4.69) is 22.8 Å². The third-order valence-corrected chi connectivity index (χ3v) is 5.73. The van der Waals surface area contributed by atoms with Crippen molar-refractivity contribution < 1.29 is 14.3 Å². The number of benzene rings is 2. The van der Waals surface area contributed by atoms with E-state index >= 15 is 0 Å². The van der Waals surface area contributed by atoms with Crippen LogP contribution in [0.25, 0.3) is 0 Å². The van der Waals surface area contributed by atoms with Crippen LogP contribution in [0.3, 0.4) is 0 Å². The van der Waals surface area contributed by atoms with Gasteiger partial charge in [0.05, 0.1) is 24.8 Å². The summed E-state index contributed by atoms with van der Waals surface area (Å²) >= 11 is 5.65. The summed E-state index contributed by atoms with van der Waals surface area (Å²) in [6.45, 7) is 4.04. The lowest BCUT2D eigenvalue weighted by atomic mass is 9.88. The number of methoxy groups -OCH3 is 1. The van der Waals surface area contributed by atoms with Gasteiger partial charge in [-0.2, -0.15) is 0 Å². The Hall–Kier alpha value is -2.60. The van der Waals surface area contributed by atoms with E-state index in [0.717, 1.165) is 42.7 Å². The number of nitrogens with one attached hydrogen (secondary N) is 2. The van der Waals surface area contributed by atoms with Crippen molar-refractivity contribution in [2.75, 3.05) is 19.0 Å². The maximum absolute atomic E-state index is 12.2. The van der Waals surface area contributed by atoms with Crippen molar-refractivity contribution in [3.8, 4) is 5.75 Å². The lowest BCUT2D eigenvalue weighted by Crippen LogP contribution is -2.45. The summed E-state index contributed by atoms with van der Waals surface area (Å²) in [5.74, 6) is 0.520. The molecule has 0 radical (unpaired) electrons. The summed E-state index contributed by atoms with van der Waals surface area (Å²) in [5.41, 5.74) is 3.18. The lowest BCUT2D eigenvalue weighted by molar-refractivity contribution is 0.0525. The van der Waals surface area contributed by atoms with E-state index in [0.29, 0.717) is 17.3 Å². The fourth-order valence-corrected chi connectivity index (χ4v) is 4.25. The van der Waals surface area contributed by atoms with Gasteiger partial charge in [0.1, 0.15) is 5.75 Å². The summed E-state index contributed by atoms with van der Waals surface area (Å²) in [6.07, 6.45) is 4.34. The molecule has 2 aromatic carbocycles. The standard InChI is InChI=1S/C23H28N2O3S/c1-4-28-21(26)19-8-7-9-20(16(19)2)24-22(29)25-23(14-5-6-15-23)17-10-12-18(27-3)13-11-17/h7-13H,4-6,14-15H2,1-3H3,(H2,24,25,29). The van der Waals surface area contributed by atoms with Gasteiger partial charge in [0.25, 0.3) is 0 Å². The highest BCUT2D eigenvalue weighted by Gasteiger charge is 2.36. The summed E-state index contributed by atoms with van der Waals surface area (Å²) in [6, 6.07) is 13.7. The molecule has 0 atom stereocenters. The van der Waals surface area contributed by atoms with Crippen LogP contribution < -0.4 is 15.4 Å². The van der Waals surface area contributed by atoms with Crippen LogP contribution >= 0.6 is 12.2 Å². The van der Waals surface area contributed by atoms with E-state index < -0.39 is 0 Å². The molecule has 0 saturated heterocycles. The molecule has 1 aliphatic rings. The normalized spacial score (nSPS) is 14.9. The summed E-state index contributed by atoms with van der Waals surface area (Å²) in [4.78, 5) is 12.2. The number of rotatable bonds is 6. The molecule has 5 nitrogen and oxygen atoms in total. The Bertz CT molecular complexity index is 874. The monoisotopic (exact) mass is 412 g/mol. The number of hydrogen-bond donors (Lipinski definition) is 2. The molecule has 3 rings (SSSR count). The van der Waals surface area contributed by atoms with Crippen LogP contribution in [0.15, 0.2) is 42.5 Å². The van der Waals surface area contributed by atoms with E-state index in [-0.39, 0.29) is 11.5 Å². The summed E-state index contributed by atoms with van der Waals surface area (Å²) in [5, 5.41) is 7.39. The van der Waals surface area contributed by atoms with Crippen LogP contribution in [0.1, 0.15) is 54.1 Å². The van der Waals surface area contributed by atoms with E-state index in [1.165, 1.54) is 5.56 Å². The zero-order valence-electron chi connectivity index (χ0n) is 17.2. The minimum atomic E-state index is -0.321. The minimum absolute atomic E-state index is 0.191. The van der Waals surface area contributed by atoms with Crippen molar-refractivity contribution in [1.82, 2.24) is 5.32 Å². The van der Waals surface area contributed by atoms with Crippen LogP contribution in [0.2, 0.25) is 0 Å². The van der Waals surface area contributed by atoms with Gasteiger partial charge < -0.3 is 20.1 Å². The van der Waals surface area contributed by atoms with Crippen LogP contribution in [0, 0.1) is 6.92 Å². The first-order valence-corrected chi connectivity index (χ1v) is 10.4. The molecular formula is C23H28N2O3S. The maximum atomic E-state index is 12.2. The average molecular weight is 413 g/mol.